The highest BCUT2D eigenvalue weighted by Crippen LogP contribution is 2.21. The third kappa shape index (κ3) is 4.08. The smallest absolute Gasteiger partial charge is 0.258 e. The van der Waals surface area contributed by atoms with Gasteiger partial charge in [0.1, 0.15) is 11.6 Å². The molecule has 8 heteroatoms. The zero-order valence-electron chi connectivity index (χ0n) is 14.7. The second kappa shape index (κ2) is 7.92. The Balaban J connectivity index is 2.39. The highest BCUT2D eigenvalue weighted by Gasteiger charge is 2.24. The fraction of sp³-hybridized carbons (Fsp3) is 0.278. The Hall–Kier alpha value is -2.32. The number of carbonyl (C=O) groups is 1. The largest absolute Gasteiger partial charge is 0.322 e. The Morgan fingerprint density at radius 3 is 2.31 bits per heavy atom. The lowest BCUT2D eigenvalue weighted by Gasteiger charge is -2.19. The summed E-state index contributed by atoms with van der Waals surface area (Å²) in [5.41, 5.74) is 0.375. The quantitative estimate of drug-likeness (QED) is 0.831. The SMILES string of the molecule is CCN(CC)S(=O)(=O)c1ccc(F)c(C(=O)Nc2ccc(F)cc2C)c1. The first-order valence-electron chi connectivity index (χ1n) is 8.07. The Morgan fingerprint density at radius 2 is 1.73 bits per heavy atom. The van der Waals surface area contributed by atoms with Crippen LogP contribution in [0.5, 0.6) is 0 Å². The van der Waals surface area contributed by atoms with Gasteiger partial charge in [-0.1, -0.05) is 13.8 Å². The summed E-state index contributed by atoms with van der Waals surface area (Å²) in [6.07, 6.45) is 0. The van der Waals surface area contributed by atoms with Crippen molar-refractivity contribution >= 4 is 21.6 Å². The van der Waals surface area contributed by atoms with Crippen LogP contribution in [0, 0.1) is 18.6 Å². The second-order valence-electron chi connectivity index (χ2n) is 5.64. The van der Waals surface area contributed by atoms with Crippen molar-refractivity contribution in [1.29, 1.82) is 0 Å². The molecule has 2 aromatic rings. The van der Waals surface area contributed by atoms with E-state index in [0.29, 0.717) is 11.3 Å². The molecule has 0 bridgehead atoms. The molecule has 0 fully saturated rings. The maximum atomic E-state index is 14.1. The lowest BCUT2D eigenvalue weighted by Crippen LogP contribution is -2.31. The molecule has 2 aromatic carbocycles. The van der Waals surface area contributed by atoms with Crippen molar-refractivity contribution in [1.82, 2.24) is 4.31 Å². The third-order valence-electron chi connectivity index (χ3n) is 3.96. The summed E-state index contributed by atoms with van der Waals surface area (Å²) in [6.45, 7) is 5.49. The molecule has 1 amide bonds. The molecule has 0 saturated carbocycles. The van der Waals surface area contributed by atoms with Crippen LogP contribution in [0.15, 0.2) is 41.3 Å². The van der Waals surface area contributed by atoms with Crippen LogP contribution in [0.2, 0.25) is 0 Å². The number of anilines is 1. The van der Waals surface area contributed by atoms with Crippen molar-refractivity contribution in [2.45, 2.75) is 25.7 Å². The number of nitrogens with zero attached hydrogens (tertiary/aromatic N) is 1. The number of sulfonamides is 1. The molecule has 0 heterocycles. The Morgan fingerprint density at radius 1 is 1.08 bits per heavy atom. The Bertz CT molecular complexity index is 926. The average molecular weight is 382 g/mol. The fourth-order valence-electron chi connectivity index (χ4n) is 2.51. The zero-order valence-corrected chi connectivity index (χ0v) is 15.5. The van der Waals surface area contributed by atoms with Gasteiger partial charge in [0.2, 0.25) is 10.0 Å². The summed E-state index contributed by atoms with van der Waals surface area (Å²) in [6, 6.07) is 6.84. The number of benzene rings is 2. The summed E-state index contributed by atoms with van der Waals surface area (Å²) in [7, 11) is -3.82. The molecule has 0 aliphatic carbocycles. The number of amides is 1. The van der Waals surface area contributed by atoms with Gasteiger partial charge in [0.15, 0.2) is 0 Å². The van der Waals surface area contributed by atoms with Crippen LogP contribution in [0.4, 0.5) is 14.5 Å². The van der Waals surface area contributed by atoms with Gasteiger partial charge < -0.3 is 5.32 Å². The molecule has 0 aliphatic rings. The standard InChI is InChI=1S/C18H20F2N2O3S/c1-4-22(5-2)26(24,25)14-7-8-16(20)15(11-14)18(23)21-17-9-6-13(19)10-12(17)3/h6-11H,4-5H2,1-3H3,(H,21,23). The van der Waals surface area contributed by atoms with E-state index >= 15 is 0 Å². The van der Waals surface area contributed by atoms with Gasteiger partial charge in [0.25, 0.3) is 5.91 Å². The first-order valence-corrected chi connectivity index (χ1v) is 9.51. The topological polar surface area (TPSA) is 66.5 Å². The first kappa shape index (κ1) is 20.0. The maximum absolute atomic E-state index is 14.1. The monoisotopic (exact) mass is 382 g/mol. The summed E-state index contributed by atoms with van der Waals surface area (Å²) in [4.78, 5) is 12.2. The van der Waals surface area contributed by atoms with Gasteiger partial charge in [0.05, 0.1) is 10.5 Å². The summed E-state index contributed by atoms with van der Waals surface area (Å²) in [5, 5.41) is 2.48. The lowest BCUT2D eigenvalue weighted by molar-refractivity contribution is 0.102. The van der Waals surface area contributed by atoms with E-state index in [4.69, 9.17) is 0 Å². The van der Waals surface area contributed by atoms with Crippen LogP contribution >= 0.6 is 0 Å². The van der Waals surface area contributed by atoms with Gasteiger partial charge in [-0.25, -0.2) is 17.2 Å². The highest BCUT2D eigenvalue weighted by atomic mass is 32.2. The summed E-state index contributed by atoms with van der Waals surface area (Å²) >= 11 is 0. The van der Waals surface area contributed by atoms with E-state index in [-0.39, 0.29) is 18.0 Å². The van der Waals surface area contributed by atoms with Crippen molar-refractivity contribution in [2.75, 3.05) is 18.4 Å². The molecule has 140 valence electrons. The minimum absolute atomic E-state index is 0.163. The van der Waals surface area contributed by atoms with Crippen LogP contribution in [0.1, 0.15) is 29.8 Å². The van der Waals surface area contributed by atoms with Gasteiger partial charge in [-0.05, 0) is 48.9 Å². The Kier molecular flexibility index (Phi) is 6.09. The van der Waals surface area contributed by atoms with E-state index in [1.165, 1.54) is 22.5 Å². The maximum Gasteiger partial charge on any atom is 0.258 e. The minimum atomic E-state index is -3.82. The van der Waals surface area contributed by atoms with E-state index in [1.807, 2.05) is 0 Å². The van der Waals surface area contributed by atoms with Crippen LogP contribution < -0.4 is 5.32 Å². The zero-order chi connectivity index (χ0) is 19.5. The minimum Gasteiger partial charge on any atom is -0.322 e. The van der Waals surface area contributed by atoms with Crippen molar-refractivity contribution in [3.63, 3.8) is 0 Å². The van der Waals surface area contributed by atoms with E-state index in [0.717, 1.165) is 18.2 Å². The van der Waals surface area contributed by atoms with E-state index < -0.39 is 33.1 Å². The van der Waals surface area contributed by atoms with Crippen molar-refractivity contribution in [3.05, 3.63) is 59.2 Å². The van der Waals surface area contributed by atoms with E-state index in [2.05, 4.69) is 5.32 Å². The number of rotatable bonds is 6. The van der Waals surface area contributed by atoms with Crippen LogP contribution in [-0.2, 0) is 10.0 Å². The molecule has 0 unspecified atom stereocenters. The predicted octanol–water partition coefficient (Wildman–Crippen LogP) is 3.56. The molecule has 26 heavy (non-hydrogen) atoms. The second-order valence-corrected chi connectivity index (χ2v) is 7.58. The number of carbonyl (C=O) groups excluding carboxylic acids is 1. The number of nitrogens with one attached hydrogen (secondary N) is 1. The molecular formula is C18H20F2N2O3S. The molecule has 0 spiro atoms. The van der Waals surface area contributed by atoms with E-state index in [1.54, 1.807) is 20.8 Å². The summed E-state index contributed by atoms with van der Waals surface area (Å²) in [5.74, 6) is -2.12. The molecule has 0 saturated heterocycles. The Labute approximate surface area is 151 Å². The average Bonchev–Trinajstić information content (AvgIpc) is 2.58. The van der Waals surface area contributed by atoms with Gasteiger partial charge >= 0.3 is 0 Å². The molecule has 2 rings (SSSR count). The van der Waals surface area contributed by atoms with Crippen molar-refractivity contribution in [3.8, 4) is 0 Å². The van der Waals surface area contributed by atoms with Gasteiger partial charge in [-0.15, -0.1) is 0 Å². The predicted molar refractivity (Wildman–Crippen MR) is 95.6 cm³/mol. The number of hydrogen-bond donors (Lipinski definition) is 1. The van der Waals surface area contributed by atoms with Gasteiger partial charge in [0, 0.05) is 18.8 Å². The molecule has 5 nitrogen and oxygen atoms in total. The number of aryl methyl sites for hydroxylation is 1. The summed E-state index contributed by atoms with van der Waals surface area (Å²) < 4.78 is 53.6. The molecule has 1 N–H and O–H groups in total. The van der Waals surface area contributed by atoms with Gasteiger partial charge in [-0.3, -0.25) is 4.79 Å². The number of halogens is 2. The number of hydrogen-bond acceptors (Lipinski definition) is 3. The molecule has 0 aromatic heterocycles. The van der Waals surface area contributed by atoms with Crippen molar-refractivity contribution < 1.29 is 22.0 Å². The fourth-order valence-corrected chi connectivity index (χ4v) is 3.99. The normalized spacial score (nSPS) is 11.6. The van der Waals surface area contributed by atoms with Crippen LogP contribution in [0.25, 0.3) is 0 Å². The third-order valence-corrected chi connectivity index (χ3v) is 6.01. The van der Waals surface area contributed by atoms with E-state index in [9.17, 15) is 22.0 Å². The molecular weight excluding hydrogens is 362 g/mol. The van der Waals surface area contributed by atoms with Crippen LogP contribution in [-0.4, -0.2) is 31.7 Å². The van der Waals surface area contributed by atoms with Gasteiger partial charge in [-0.2, -0.15) is 4.31 Å². The van der Waals surface area contributed by atoms with Crippen molar-refractivity contribution in [2.24, 2.45) is 0 Å². The lowest BCUT2D eigenvalue weighted by atomic mass is 10.1. The highest BCUT2D eigenvalue weighted by molar-refractivity contribution is 7.89. The first-order chi connectivity index (χ1) is 12.2. The molecule has 0 radical (unpaired) electrons. The van der Waals surface area contributed by atoms with Crippen LogP contribution in [0.3, 0.4) is 0 Å². The molecule has 0 atom stereocenters. The molecule has 0 aliphatic heterocycles.